The van der Waals surface area contributed by atoms with Crippen molar-refractivity contribution in [2.75, 3.05) is 18.9 Å². The maximum Gasteiger partial charge on any atom is 0.329 e. The number of hydrogen-bond donors (Lipinski definition) is 2. The minimum absolute atomic E-state index is 0.0714. The third-order valence-corrected chi connectivity index (χ3v) is 7.63. The summed E-state index contributed by atoms with van der Waals surface area (Å²) in [6, 6.07) is 13.3. The van der Waals surface area contributed by atoms with Gasteiger partial charge in [0.1, 0.15) is 11.8 Å². The van der Waals surface area contributed by atoms with Crippen LogP contribution in [0.1, 0.15) is 62.1 Å². The number of hydrogen-bond acceptors (Lipinski definition) is 6. The van der Waals surface area contributed by atoms with Crippen molar-refractivity contribution in [3.05, 3.63) is 71.3 Å². The largest absolute Gasteiger partial charge is 0.425 e. The van der Waals surface area contributed by atoms with Crippen LogP contribution in [-0.4, -0.2) is 45.2 Å². The topological polar surface area (TPSA) is 111 Å². The van der Waals surface area contributed by atoms with Crippen molar-refractivity contribution >= 4 is 28.0 Å². The van der Waals surface area contributed by atoms with Crippen LogP contribution in [0.3, 0.4) is 0 Å². The second-order valence-electron chi connectivity index (χ2n) is 9.41. The van der Waals surface area contributed by atoms with Gasteiger partial charge in [0.15, 0.2) is 0 Å². The van der Waals surface area contributed by atoms with Crippen LogP contribution in [0.15, 0.2) is 54.6 Å². The third kappa shape index (κ3) is 10.4. The Morgan fingerprint density at radius 2 is 1.68 bits per heavy atom. The van der Waals surface area contributed by atoms with E-state index in [2.05, 4.69) is 10.0 Å². The molecule has 1 atom stereocenters. The Balaban J connectivity index is 1.85. The van der Waals surface area contributed by atoms with Gasteiger partial charge in [-0.1, -0.05) is 68.7 Å². The molecule has 2 N–H and O–H groups in total. The minimum atomic E-state index is -3.70. The summed E-state index contributed by atoms with van der Waals surface area (Å²) in [7, 11) is -3.70. The zero-order valence-electron chi connectivity index (χ0n) is 22.0. The summed E-state index contributed by atoms with van der Waals surface area (Å²) in [4.78, 5) is 25.5. The lowest BCUT2D eigenvalue weighted by molar-refractivity contribution is -0.136. The van der Waals surface area contributed by atoms with Gasteiger partial charge in [-0.05, 0) is 49.0 Å². The van der Waals surface area contributed by atoms with E-state index in [1.807, 2.05) is 31.2 Å². The van der Waals surface area contributed by atoms with E-state index in [-0.39, 0.29) is 23.8 Å². The number of para-hydroxylation sites is 1. The van der Waals surface area contributed by atoms with Gasteiger partial charge < -0.3 is 14.8 Å². The quantitative estimate of drug-likeness (QED) is 0.434. The first-order valence-corrected chi connectivity index (χ1v) is 14.9. The average Bonchev–Trinajstić information content (AvgIpc) is 2.90. The molecule has 2 aromatic rings. The summed E-state index contributed by atoms with van der Waals surface area (Å²) in [6.45, 7) is 3.62. The van der Waals surface area contributed by atoms with Gasteiger partial charge in [0.2, 0.25) is 15.9 Å². The first-order chi connectivity index (χ1) is 18.4. The van der Waals surface area contributed by atoms with Crippen molar-refractivity contribution in [3.63, 3.8) is 0 Å². The summed E-state index contributed by atoms with van der Waals surface area (Å²) in [5, 5.41) is 2.86. The summed E-state index contributed by atoms with van der Waals surface area (Å²) in [5.74, 6) is -0.780. The molecular formula is C29H38N2O6S. The highest BCUT2D eigenvalue weighted by molar-refractivity contribution is 7.89. The lowest BCUT2D eigenvalue weighted by Crippen LogP contribution is -2.45. The number of carbonyl (C=O) groups is 2. The number of nitrogens with one attached hydrogen (secondary N) is 2. The molecule has 0 fully saturated rings. The number of amides is 1. The van der Waals surface area contributed by atoms with Gasteiger partial charge >= 0.3 is 5.97 Å². The van der Waals surface area contributed by atoms with Crippen LogP contribution < -0.4 is 14.8 Å². The third-order valence-electron chi connectivity index (χ3n) is 6.16. The molecular weight excluding hydrogens is 504 g/mol. The Morgan fingerprint density at radius 3 is 2.47 bits per heavy atom. The molecule has 0 aromatic heterocycles. The fourth-order valence-corrected chi connectivity index (χ4v) is 5.39. The van der Waals surface area contributed by atoms with Gasteiger partial charge in [0.05, 0.1) is 12.4 Å². The van der Waals surface area contributed by atoms with Crippen molar-refractivity contribution in [1.29, 1.82) is 0 Å². The van der Waals surface area contributed by atoms with Gasteiger partial charge in [-0.3, -0.25) is 4.79 Å². The number of fused-ring (bicyclic) bond motifs is 15. The fraction of sp³-hybridized carbons (Fsp3) is 0.448. The van der Waals surface area contributed by atoms with E-state index in [0.717, 1.165) is 36.8 Å². The smallest absolute Gasteiger partial charge is 0.329 e. The van der Waals surface area contributed by atoms with Gasteiger partial charge in [-0.15, -0.1) is 0 Å². The molecule has 2 aromatic carbocycles. The van der Waals surface area contributed by atoms with Crippen LogP contribution in [0, 0.1) is 0 Å². The SMILES string of the molecule is CCCCS(=O)(=O)N[C@H]1Cc2ccc(cc2)COCCCCCCNC(=O)/C=C/c2ccccc2OC1=O. The van der Waals surface area contributed by atoms with Crippen molar-refractivity contribution in [2.45, 2.75) is 64.5 Å². The summed E-state index contributed by atoms with van der Waals surface area (Å²) < 4.78 is 39.4. The zero-order valence-corrected chi connectivity index (χ0v) is 22.8. The first-order valence-electron chi connectivity index (χ1n) is 13.3. The second kappa shape index (κ2) is 15.4. The monoisotopic (exact) mass is 542 g/mol. The summed E-state index contributed by atoms with van der Waals surface area (Å²) in [6.07, 6.45) is 8.18. The molecule has 2 bridgehead atoms. The van der Waals surface area contributed by atoms with Crippen molar-refractivity contribution in [3.8, 4) is 5.75 Å². The minimum Gasteiger partial charge on any atom is -0.425 e. The van der Waals surface area contributed by atoms with E-state index in [0.29, 0.717) is 38.2 Å². The number of carbonyl (C=O) groups excluding carboxylic acids is 2. The lowest BCUT2D eigenvalue weighted by atomic mass is 10.0. The van der Waals surface area contributed by atoms with Crippen LogP contribution in [0.5, 0.6) is 5.75 Å². The summed E-state index contributed by atoms with van der Waals surface area (Å²) >= 11 is 0. The number of ether oxygens (including phenoxy) is 2. The normalized spacial score (nSPS) is 19.3. The second-order valence-corrected chi connectivity index (χ2v) is 11.3. The predicted molar refractivity (Wildman–Crippen MR) is 148 cm³/mol. The Hall–Kier alpha value is -3.01. The Bertz CT molecular complexity index is 1180. The highest BCUT2D eigenvalue weighted by atomic mass is 32.2. The number of esters is 1. The molecule has 0 saturated carbocycles. The zero-order chi connectivity index (χ0) is 27.2. The van der Waals surface area contributed by atoms with Crippen molar-refractivity contribution in [1.82, 2.24) is 10.0 Å². The highest BCUT2D eigenvalue weighted by Crippen LogP contribution is 2.21. The molecule has 4 rings (SSSR count). The molecule has 2 aliphatic rings. The molecule has 2 aliphatic heterocycles. The van der Waals surface area contributed by atoms with E-state index in [1.54, 1.807) is 30.3 Å². The maximum atomic E-state index is 13.3. The van der Waals surface area contributed by atoms with Crippen LogP contribution >= 0.6 is 0 Å². The van der Waals surface area contributed by atoms with Gasteiger partial charge in [-0.2, -0.15) is 0 Å². The van der Waals surface area contributed by atoms with E-state index >= 15 is 0 Å². The molecule has 8 nitrogen and oxygen atoms in total. The van der Waals surface area contributed by atoms with Crippen LogP contribution in [0.25, 0.3) is 6.08 Å². The Morgan fingerprint density at radius 1 is 0.947 bits per heavy atom. The molecule has 38 heavy (non-hydrogen) atoms. The molecule has 0 unspecified atom stereocenters. The molecule has 0 aliphatic carbocycles. The van der Waals surface area contributed by atoms with E-state index < -0.39 is 22.0 Å². The maximum absolute atomic E-state index is 13.3. The number of rotatable bonds is 5. The van der Waals surface area contributed by atoms with Gasteiger partial charge in [0.25, 0.3) is 0 Å². The van der Waals surface area contributed by atoms with Crippen LogP contribution in [0.4, 0.5) is 0 Å². The molecule has 0 radical (unpaired) electrons. The summed E-state index contributed by atoms with van der Waals surface area (Å²) in [5.41, 5.74) is 2.33. The van der Waals surface area contributed by atoms with E-state index in [1.165, 1.54) is 6.08 Å². The average molecular weight is 543 g/mol. The van der Waals surface area contributed by atoms with E-state index in [4.69, 9.17) is 9.47 Å². The number of unbranched alkanes of at least 4 members (excludes halogenated alkanes) is 1. The Labute approximate surface area is 225 Å². The van der Waals surface area contributed by atoms with Gasteiger partial charge in [-0.25, -0.2) is 17.9 Å². The molecule has 2 heterocycles. The molecule has 206 valence electrons. The standard InChI is InChI=1S/C29H38N2O6S/c1-2-3-20-38(34,35)31-26-21-23-12-14-24(15-13-23)22-36-19-9-5-4-8-18-30-28(32)17-16-25-10-6-7-11-27(25)37-29(26)33/h6-7,10-17,26,31H,2-5,8-9,18-22H2,1H3,(H,30,32)/b17-16+/t26-/m0/s1. The lowest BCUT2D eigenvalue weighted by Gasteiger charge is -2.19. The predicted octanol–water partition coefficient (Wildman–Crippen LogP) is 4.14. The van der Waals surface area contributed by atoms with Crippen molar-refractivity contribution < 1.29 is 27.5 Å². The first kappa shape index (κ1) is 29.5. The number of benzene rings is 2. The number of sulfonamides is 1. The fourth-order valence-electron chi connectivity index (χ4n) is 3.99. The van der Waals surface area contributed by atoms with Crippen molar-refractivity contribution in [2.24, 2.45) is 0 Å². The van der Waals surface area contributed by atoms with Crippen LogP contribution in [-0.2, 0) is 37.4 Å². The van der Waals surface area contributed by atoms with Crippen LogP contribution in [0.2, 0.25) is 0 Å². The molecule has 9 heteroatoms. The van der Waals surface area contributed by atoms with E-state index in [9.17, 15) is 18.0 Å². The van der Waals surface area contributed by atoms with Gasteiger partial charge in [0, 0.05) is 24.8 Å². The Kier molecular flexibility index (Phi) is 12.0. The molecule has 0 saturated heterocycles. The molecule has 1 amide bonds. The highest BCUT2D eigenvalue weighted by Gasteiger charge is 2.27. The molecule has 0 spiro atoms.